The molecule has 1 unspecified atom stereocenters. The zero-order chi connectivity index (χ0) is 9.26. The zero-order valence-corrected chi connectivity index (χ0v) is 7.01. The fourth-order valence-corrected chi connectivity index (χ4v) is 1.44. The SMILES string of the molecule is O=C1OC(c2ccccc2)C[C@@H]1O. The van der Waals surface area contributed by atoms with Crippen molar-refractivity contribution in [3.05, 3.63) is 35.9 Å². The van der Waals surface area contributed by atoms with Gasteiger partial charge < -0.3 is 9.84 Å². The first kappa shape index (κ1) is 8.26. The first-order valence-electron chi connectivity index (χ1n) is 4.21. The highest BCUT2D eigenvalue weighted by atomic mass is 16.6. The Hall–Kier alpha value is -1.35. The molecule has 1 heterocycles. The molecule has 1 fully saturated rings. The smallest absolute Gasteiger partial charge is 0.335 e. The van der Waals surface area contributed by atoms with Crippen LogP contribution in [0.15, 0.2) is 30.3 Å². The van der Waals surface area contributed by atoms with Crippen LogP contribution < -0.4 is 0 Å². The number of esters is 1. The number of rotatable bonds is 1. The normalized spacial score (nSPS) is 27.3. The van der Waals surface area contributed by atoms with Crippen LogP contribution in [0.5, 0.6) is 0 Å². The van der Waals surface area contributed by atoms with E-state index < -0.39 is 12.1 Å². The van der Waals surface area contributed by atoms with Crippen molar-refractivity contribution in [1.29, 1.82) is 0 Å². The van der Waals surface area contributed by atoms with Crippen molar-refractivity contribution in [2.75, 3.05) is 0 Å². The Kier molecular flexibility index (Phi) is 2.02. The Balaban J connectivity index is 2.17. The van der Waals surface area contributed by atoms with Crippen molar-refractivity contribution in [2.45, 2.75) is 18.6 Å². The summed E-state index contributed by atoms with van der Waals surface area (Å²) >= 11 is 0. The minimum absolute atomic E-state index is 0.274. The van der Waals surface area contributed by atoms with Gasteiger partial charge in [0.05, 0.1) is 0 Å². The second kappa shape index (κ2) is 3.18. The standard InChI is InChI=1S/C10H10O3/c11-8-6-9(13-10(8)12)7-4-2-1-3-5-7/h1-5,8-9,11H,6H2/t8-,9?/m0/s1. The molecule has 0 bridgehead atoms. The maximum absolute atomic E-state index is 10.9. The van der Waals surface area contributed by atoms with E-state index in [2.05, 4.69) is 0 Å². The Morgan fingerprint density at radius 2 is 2.00 bits per heavy atom. The van der Waals surface area contributed by atoms with E-state index in [-0.39, 0.29) is 6.10 Å². The van der Waals surface area contributed by atoms with Crippen molar-refractivity contribution in [3.63, 3.8) is 0 Å². The maximum Gasteiger partial charge on any atom is 0.335 e. The molecule has 1 aliphatic heterocycles. The average molecular weight is 178 g/mol. The molecule has 1 saturated heterocycles. The highest BCUT2D eigenvalue weighted by Crippen LogP contribution is 2.29. The highest BCUT2D eigenvalue weighted by Gasteiger charge is 2.33. The lowest BCUT2D eigenvalue weighted by Gasteiger charge is -2.07. The fraction of sp³-hybridized carbons (Fsp3) is 0.300. The van der Waals surface area contributed by atoms with E-state index in [1.54, 1.807) is 0 Å². The van der Waals surface area contributed by atoms with E-state index in [0.29, 0.717) is 6.42 Å². The summed E-state index contributed by atoms with van der Waals surface area (Å²) in [6, 6.07) is 9.43. The number of carbonyl (C=O) groups excluding carboxylic acids is 1. The molecular formula is C10H10O3. The number of hydrogen-bond acceptors (Lipinski definition) is 3. The molecule has 0 aliphatic carbocycles. The largest absolute Gasteiger partial charge is 0.455 e. The summed E-state index contributed by atoms with van der Waals surface area (Å²) in [4.78, 5) is 10.9. The third kappa shape index (κ3) is 1.55. The van der Waals surface area contributed by atoms with Crippen LogP contribution in [0.1, 0.15) is 18.1 Å². The van der Waals surface area contributed by atoms with E-state index in [1.807, 2.05) is 30.3 Å². The quantitative estimate of drug-likeness (QED) is 0.653. The van der Waals surface area contributed by atoms with E-state index in [9.17, 15) is 4.79 Å². The summed E-state index contributed by atoms with van der Waals surface area (Å²) in [5.74, 6) is -0.520. The Morgan fingerprint density at radius 1 is 1.31 bits per heavy atom. The van der Waals surface area contributed by atoms with E-state index in [4.69, 9.17) is 9.84 Å². The Morgan fingerprint density at radius 3 is 2.54 bits per heavy atom. The van der Waals surface area contributed by atoms with Crippen molar-refractivity contribution in [3.8, 4) is 0 Å². The topological polar surface area (TPSA) is 46.5 Å². The van der Waals surface area contributed by atoms with Crippen molar-refractivity contribution >= 4 is 5.97 Å². The number of hydrogen-bond donors (Lipinski definition) is 1. The number of carbonyl (C=O) groups is 1. The lowest BCUT2D eigenvalue weighted by atomic mass is 10.1. The highest BCUT2D eigenvalue weighted by molar-refractivity contribution is 5.76. The van der Waals surface area contributed by atoms with Crippen molar-refractivity contribution in [2.24, 2.45) is 0 Å². The lowest BCUT2D eigenvalue weighted by Crippen LogP contribution is -2.11. The zero-order valence-electron chi connectivity index (χ0n) is 7.01. The molecule has 3 heteroatoms. The third-order valence-corrected chi connectivity index (χ3v) is 2.14. The minimum Gasteiger partial charge on any atom is -0.455 e. The van der Waals surface area contributed by atoms with Gasteiger partial charge in [-0.2, -0.15) is 0 Å². The molecule has 0 saturated carbocycles. The average Bonchev–Trinajstić information content (AvgIpc) is 2.49. The van der Waals surface area contributed by atoms with E-state index in [0.717, 1.165) is 5.56 Å². The van der Waals surface area contributed by atoms with Gasteiger partial charge in [-0.3, -0.25) is 0 Å². The predicted octanol–water partition coefficient (Wildman–Crippen LogP) is 1.04. The van der Waals surface area contributed by atoms with Crippen LogP contribution in [0.3, 0.4) is 0 Å². The molecule has 2 rings (SSSR count). The summed E-state index contributed by atoms with van der Waals surface area (Å²) in [5, 5.41) is 9.15. The first-order chi connectivity index (χ1) is 6.27. The van der Waals surface area contributed by atoms with E-state index >= 15 is 0 Å². The first-order valence-corrected chi connectivity index (χ1v) is 4.21. The molecule has 3 nitrogen and oxygen atoms in total. The molecule has 0 amide bonds. The van der Waals surface area contributed by atoms with Crippen LogP contribution >= 0.6 is 0 Å². The van der Waals surface area contributed by atoms with Gasteiger partial charge in [0.1, 0.15) is 6.10 Å². The van der Waals surface area contributed by atoms with Crippen LogP contribution in [-0.4, -0.2) is 17.2 Å². The number of cyclic esters (lactones) is 1. The molecular weight excluding hydrogens is 168 g/mol. The third-order valence-electron chi connectivity index (χ3n) is 2.14. The van der Waals surface area contributed by atoms with Crippen LogP contribution in [0.2, 0.25) is 0 Å². The summed E-state index contributed by atoms with van der Waals surface area (Å²) in [7, 11) is 0. The van der Waals surface area contributed by atoms with Gasteiger partial charge in [-0.05, 0) is 5.56 Å². The fourth-order valence-electron chi connectivity index (χ4n) is 1.44. The summed E-state index contributed by atoms with van der Waals surface area (Å²) in [6.07, 6.45) is -0.864. The monoisotopic (exact) mass is 178 g/mol. The van der Waals surface area contributed by atoms with Crippen molar-refractivity contribution < 1.29 is 14.6 Å². The maximum atomic E-state index is 10.9. The molecule has 68 valence electrons. The summed E-state index contributed by atoms with van der Waals surface area (Å²) < 4.78 is 4.97. The number of aliphatic hydroxyl groups excluding tert-OH is 1. The van der Waals surface area contributed by atoms with Crippen LogP contribution in [0, 0.1) is 0 Å². The van der Waals surface area contributed by atoms with Crippen LogP contribution in [0.4, 0.5) is 0 Å². The molecule has 0 spiro atoms. The van der Waals surface area contributed by atoms with Crippen LogP contribution in [-0.2, 0) is 9.53 Å². The number of aliphatic hydroxyl groups is 1. The van der Waals surface area contributed by atoms with Gasteiger partial charge >= 0.3 is 5.97 Å². The summed E-state index contributed by atoms with van der Waals surface area (Å²) in [6.45, 7) is 0. The summed E-state index contributed by atoms with van der Waals surface area (Å²) in [5.41, 5.74) is 0.937. The molecule has 0 radical (unpaired) electrons. The van der Waals surface area contributed by atoms with Gasteiger partial charge in [-0.25, -0.2) is 4.79 Å². The van der Waals surface area contributed by atoms with Gasteiger partial charge in [0.15, 0.2) is 6.10 Å². The number of benzene rings is 1. The van der Waals surface area contributed by atoms with Gasteiger partial charge in [0.25, 0.3) is 0 Å². The second-order valence-electron chi connectivity index (χ2n) is 3.09. The molecule has 2 atom stereocenters. The molecule has 1 aromatic rings. The molecule has 1 N–H and O–H groups in total. The van der Waals surface area contributed by atoms with Crippen LogP contribution in [0.25, 0.3) is 0 Å². The van der Waals surface area contributed by atoms with Gasteiger partial charge in [-0.15, -0.1) is 0 Å². The molecule has 13 heavy (non-hydrogen) atoms. The minimum atomic E-state index is -0.954. The van der Waals surface area contributed by atoms with E-state index in [1.165, 1.54) is 0 Å². The van der Waals surface area contributed by atoms with Gasteiger partial charge in [0.2, 0.25) is 0 Å². The molecule has 1 aliphatic rings. The van der Waals surface area contributed by atoms with Gasteiger partial charge in [-0.1, -0.05) is 30.3 Å². The van der Waals surface area contributed by atoms with Gasteiger partial charge in [0, 0.05) is 6.42 Å². The molecule has 0 aromatic heterocycles. The molecule has 1 aromatic carbocycles. The lowest BCUT2D eigenvalue weighted by molar-refractivity contribution is -0.147. The van der Waals surface area contributed by atoms with Crippen molar-refractivity contribution in [1.82, 2.24) is 0 Å². The second-order valence-corrected chi connectivity index (χ2v) is 3.09. The Labute approximate surface area is 76.0 Å². The number of ether oxygens (including phenoxy) is 1. The Bertz CT molecular complexity index is 307. The predicted molar refractivity (Wildman–Crippen MR) is 45.9 cm³/mol.